The normalized spacial score (nSPS) is 21.2. The van der Waals surface area contributed by atoms with Gasteiger partial charge in [-0.2, -0.15) is 0 Å². The number of anilines is 1. The lowest BCUT2D eigenvalue weighted by Gasteiger charge is -2.08. The Bertz CT molecular complexity index is 762. The van der Waals surface area contributed by atoms with Gasteiger partial charge in [0.25, 0.3) is 0 Å². The summed E-state index contributed by atoms with van der Waals surface area (Å²) in [5.41, 5.74) is 7.11. The number of rotatable bonds is 4. The minimum Gasteiger partial charge on any atom is -0.398 e. The van der Waals surface area contributed by atoms with Crippen molar-refractivity contribution in [1.29, 1.82) is 0 Å². The highest BCUT2D eigenvalue weighted by molar-refractivity contribution is 7.89. The summed E-state index contributed by atoms with van der Waals surface area (Å²) in [6, 6.07) is 14.2. The van der Waals surface area contributed by atoms with Gasteiger partial charge in [-0.05, 0) is 30.2 Å². The number of nitrogens with two attached hydrogens (primary N) is 1. The molecule has 4 nitrogen and oxygen atoms in total. The van der Waals surface area contributed by atoms with E-state index in [1.165, 1.54) is 18.2 Å². The molecule has 0 amide bonds. The molecule has 2 aromatic rings. The average molecular weight is 323 g/mol. The second-order valence-corrected chi connectivity index (χ2v) is 7.29. The van der Waals surface area contributed by atoms with Crippen molar-refractivity contribution in [2.24, 2.45) is 0 Å². The highest BCUT2D eigenvalue weighted by atomic mass is 35.5. The second-order valence-electron chi connectivity index (χ2n) is 5.16. The van der Waals surface area contributed by atoms with Crippen LogP contribution < -0.4 is 10.5 Å². The second kappa shape index (κ2) is 5.33. The van der Waals surface area contributed by atoms with Gasteiger partial charge in [0.15, 0.2) is 0 Å². The molecule has 2 unspecified atom stereocenters. The lowest BCUT2D eigenvalue weighted by molar-refractivity contribution is 0.580. The van der Waals surface area contributed by atoms with E-state index in [4.69, 9.17) is 17.3 Å². The van der Waals surface area contributed by atoms with Gasteiger partial charge in [-0.1, -0.05) is 41.9 Å². The van der Waals surface area contributed by atoms with Gasteiger partial charge in [0.1, 0.15) is 0 Å². The van der Waals surface area contributed by atoms with Gasteiger partial charge in [-0.15, -0.1) is 0 Å². The minimum absolute atomic E-state index is 0.0614. The zero-order valence-corrected chi connectivity index (χ0v) is 12.7. The maximum absolute atomic E-state index is 12.3. The average Bonchev–Trinajstić information content (AvgIpc) is 3.21. The van der Waals surface area contributed by atoms with E-state index >= 15 is 0 Å². The van der Waals surface area contributed by atoms with Crippen molar-refractivity contribution >= 4 is 27.3 Å². The van der Waals surface area contributed by atoms with Crippen molar-refractivity contribution < 1.29 is 8.42 Å². The Morgan fingerprint density at radius 3 is 2.52 bits per heavy atom. The van der Waals surface area contributed by atoms with E-state index in [0.29, 0.717) is 5.69 Å². The van der Waals surface area contributed by atoms with Crippen LogP contribution in [0, 0.1) is 0 Å². The van der Waals surface area contributed by atoms with Gasteiger partial charge in [0, 0.05) is 12.0 Å². The molecule has 0 aliphatic heterocycles. The Balaban J connectivity index is 1.75. The van der Waals surface area contributed by atoms with Crippen molar-refractivity contribution in [2.75, 3.05) is 5.73 Å². The van der Waals surface area contributed by atoms with Crippen molar-refractivity contribution in [1.82, 2.24) is 4.72 Å². The molecule has 0 radical (unpaired) electrons. The fourth-order valence-electron chi connectivity index (χ4n) is 2.34. The third kappa shape index (κ3) is 3.05. The van der Waals surface area contributed by atoms with Crippen molar-refractivity contribution in [2.45, 2.75) is 23.3 Å². The Kier molecular flexibility index (Phi) is 3.65. The van der Waals surface area contributed by atoms with Gasteiger partial charge in [0.05, 0.1) is 15.6 Å². The molecule has 0 spiro atoms. The first kappa shape index (κ1) is 14.4. The summed E-state index contributed by atoms with van der Waals surface area (Å²) in [5.74, 6) is 0.241. The number of nitrogen functional groups attached to an aromatic ring is 1. The summed E-state index contributed by atoms with van der Waals surface area (Å²) in [4.78, 5) is 0.139. The number of hydrogen-bond donors (Lipinski definition) is 2. The smallest absolute Gasteiger partial charge is 0.240 e. The molecule has 110 valence electrons. The van der Waals surface area contributed by atoms with Crippen LogP contribution in [0.5, 0.6) is 0 Å². The molecule has 21 heavy (non-hydrogen) atoms. The maximum atomic E-state index is 12.3. The zero-order chi connectivity index (χ0) is 15.0. The van der Waals surface area contributed by atoms with E-state index in [-0.39, 0.29) is 21.9 Å². The van der Waals surface area contributed by atoms with Crippen LogP contribution in [0.15, 0.2) is 53.4 Å². The van der Waals surface area contributed by atoms with Crippen LogP contribution in [-0.2, 0) is 10.0 Å². The first-order valence-electron chi connectivity index (χ1n) is 6.60. The SMILES string of the molecule is Nc1ccc(S(=O)(=O)NC2CC2c2ccccc2)cc1Cl. The summed E-state index contributed by atoms with van der Waals surface area (Å²) in [7, 11) is -3.57. The molecule has 1 aliphatic carbocycles. The Labute approximate surface area is 129 Å². The zero-order valence-electron chi connectivity index (χ0n) is 11.2. The Hall–Kier alpha value is -1.56. The predicted molar refractivity (Wildman–Crippen MR) is 83.8 cm³/mol. The van der Waals surface area contributed by atoms with Crippen molar-refractivity contribution in [3.63, 3.8) is 0 Å². The molecule has 1 fully saturated rings. The summed E-state index contributed by atoms with van der Waals surface area (Å²) < 4.78 is 27.3. The van der Waals surface area contributed by atoms with E-state index in [1.807, 2.05) is 30.3 Å². The van der Waals surface area contributed by atoms with Crippen molar-refractivity contribution in [3.8, 4) is 0 Å². The highest BCUT2D eigenvalue weighted by Crippen LogP contribution is 2.41. The van der Waals surface area contributed by atoms with Gasteiger partial charge in [0.2, 0.25) is 10.0 Å². The number of sulfonamides is 1. The van der Waals surface area contributed by atoms with E-state index in [0.717, 1.165) is 12.0 Å². The lowest BCUT2D eigenvalue weighted by Crippen LogP contribution is -2.26. The monoisotopic (exact) mass is 322 g/mol. The molecule has 0 aromatic heterocycles. The quantitative estimate of drug-likeness (QED) is 0.850. The van der Waals surface area contributed by atoms with Crippen LogP contribution in [-0.4, -0.2) is 14.5 Å². The molecule has 2 atom stereocenters. The van der Waals surface area contributed by atoms with Gasteiger partial charge in [-0.25, -0.2) is 13.1 Å². The molecule has 1 aliphatic rings. The standard InChI is InChI=1S/C15H15ClN2O2S/c16-13-8-11(6-7-14(13)17)21(19,20)18-15-9-12(15)10-4-2-1-3-5-10/h1-8,12,15,18H,9,17H2. The van der Waals surface area contributed by atoms with Gasteiger partial charge >= 0.3 is 0 Å². The highest BCUT2D eigenvalue weighted by Gasteiger charge is 2.41. The molecule has 3 N–H and O–H groups in total. The lowest BCUT2D eigenvalue weighted by atomic mass is 10.1. The van der Waals surface area contributed by atoms with E-state index in [9.17, 15) is 8.42 Å². The molecule has 3 rings (SSSR count). The Morgan fingerprint density at radius 1 is 1.14 bits per heavy atom. The molecule has 0 bridgehead atoms. The molecule has 6 heteroatoms. The minimum atomic E-state index is -3.57. The van der Waals surface area contributed by atoms with E-state index in [2.05, 4.69) is 4.72 Å². The number of benzene rings is 2. The van der Waals surface area contributed by atoms with Crippen LogP contribution in [0.3, 0.4) is 0 Å². The predicted octanol–water partition coefficient (Wildman–Crippen LogP) is 2.76. The van der Waals surface area contributed by atoms with Gasteiger partial charge in [-0.3, -0.25) is 0 Å². The molecular weight excluding hydrogens is 308 g/mol. The maximum Gasteiger partial charge on any atom is 0.240 e. The number of hydrogen-bond acceptors (Lipinski definition) is 3. The molecular formula is C15H15ClN2O2S. The summed E-state index contributed by atoms with van der Waals surface area (Å²) >= 11 is 5.88. The van der Waals surface area contributed by atoms with E-state index < -0.39 is 10.0 Å². The van der Waals surface area contributed by atoms with Crippen LogP contribution in [0.2, 0.25) is 5.02 Å². The summed E-state index contributed by atoms with van der Waals surface area (Å²) in [6.07, 6.45) is 0.811. The Morgan fingerprint density at radius 2 is 1.86 bits per heavy atom. The van der Waals surface area contributed by atoms with Crippen molar-refractivity contribution in [3.05, 3.63) is 59.1 Å². The molecule has 0 saturated heterocycles. The van der Waals surface area contributed by atoms with Crippen LogP contribution in [0.4, 0.5) is 5.69 Å². The number of nitrogens with one attached hydrogen (secondary N) is 1. The summed E-state index contributed by atoms with van der Waals surface area (Å²) in [5, 5.41) is 0.244. The molecule has 1 saturated carbocycles. The topological polar surface area (TPSA) is 72.2 Å². The fraction of sp³-hybridized carbons (Fsp3) is 0.200. The number of halogens is 1. The summed E-state index contributed by atoms with van der Waals surface area (Å²) in [6.45, 7) is 0. The third-order valence-corrected chi connectivity index (χ3v) is 5.42. The molecule has 0 heterocycles. The third-order valence-electron chi connectivity index (χ3n) is 3.61. The first-order chi connectivity index (χ1) is 9.97. The van der Waals surface area contributed by atoms with Gasteiger partial charge < -0.3 is 5.73 Å². The van der Waals surface area contributed by atoms with Crippen LogP contribution in [0.1, 0.15) is 17.9 Å². The van der Waals surface area contributed by atoms with E-state index in [1.54, 1.807) is 0 Å². The fourth-order valence-corrected chi connectivity index (χ4v) is 3.90. The largest absolute Gasteiger partial charge is 0.398 e. The van der Waals surface area contributed by atoms with Crippen LogP contribution in [0.25, 0.3) is 0 Å². The van der Waals surface area contributed by atoms with Crippen LogP contribution >= 0.6 is 11.6 Å². The first-order valence-corrected chi connectivity index (χ1v) is 8.46. The molecule has 2 aromatic carbocycles.